The molecule has 2 N–H and O–H groups in total. The fraction of sp³-hybridized carbons (Fsp3) is 0.200. The predicted molar refractivity (Wildman–Crippen MR) is 118 cm³/mol. The van der Waals surface area contributed by atoms with Crippen molar-refractivity contribution in [1.29, 1.82) is 0 Å². The lowest BCUT2D eigenvalue weighted by molar-refractivity contribution is 0.0635. The highest BCUT2D eigenvalue weighted by atomic mass is 16.6. The van der Waals surface area contributed by atoms with Gasteiger partial charge < -0.3 is 10.1 Å². The van der Waals surface area contributed by atoms with E-state index in [-0.39, 0.29) is 11.9 Å². The van der Waals surface area contributed by atoms with Crippen molar-refractivity contribution in [1.82, 2.24) is 5.32 Å². The van der Waals surface area contributed by atoms with Crippen LogP contribution in [-0.4, -0.2) is 17.6 Å². The molecule has 3 rings (SSSR count). The summed E-state index contributed by atoms with van der Waals surface area (Å²) in [5.41, 5.74) is 2.31. The van der Waals surface area contributed by atoms with E-state index < -0.39 is 11.7 Å². The number of nitrogens with one attached hydrogen (secondary N) is 2. The SMILES string of the molecule is CC(C)(C)OC(=O)Nc1cccc(C(=O)NC(c2ccccc2)c2ccccc2)c1. The molecule has 0 atom stereocenters. The molecule has 0 saturated carbocycles. The summed E-state index contributed by atoms with van der Waals surface area (Å²) in [6.45, 7) is 5.39. The maximum Gasteiger partial charge on any atom is 0.412 e. The molecular formula is C25H26N2O3. The lowest BCUT2D eigenvalue weighted by Crippen LogP contribution is -2.29. The zero-order valence-electron chi connectivity index (χ0n) is 17.4. The second kappa shape index (κ2) is 9.27. The molecule has 0 fully saturated rings. The Morgan fingerprint density at radius 3 is 1.90 bits per heavy atom. The highest BCUT2D eigenvalue weighted by Crippen LogP contribution is 2.23. The average Bonchev–Trinajstić information content (AvgIpc) is 2.72. The molecule has 3 aromatic rings. The predicted octanol–water partition coefficient (Wildman–Crippen LogP) is 5.55. The number of benzene rings is 3. The van der Waals surface area contributed by atoms with Crippen molar-refractivity contribution < 1.29 is 14.3 Å². The summed E-state index contributed by atoms with van der Waals surface area (Å²) >= 11 is 0. The van der Waals surface area contributed by atoms with Crippen LogP contribution in [-0.2, 0) is 4.74 Å². The molecule has 0 aliphatic carbocycles. The molecule has 0 bridgehead atoms. The van der Waals surface area contributed by atoms with Crippen molar-refractivity contribution >= 4 is 17.7 Å². The zero-order chi connectivity index (χ0) is 21.6. The summed E-state index contributed by atoms with van der Waals surface area (Å²) < 4.78 is 5.27. The van der Waals surface area contributed by atoms with E-state index in [4.69, 9.17) is 4.74 Å². The Bertz CT molecular complexity index is 956. The third kappa shape index (κ3) is 5.95. The largest absolute Gasteiger partial charge is 0.444 e. The van der Waals surface area contributed by atoms with Crippen LogP contribution in [0.2, 0.25) is 0 Å². The quantitative estimate of drug-likeness (QED) is 0.588. The topological polar surface area (TPSA) is 67.4 Å². The van der Waals surface area contributed by atoms with E-state index in [0.717, 1.165) is 11.1 Å². The van der Waals surface area contributed by atoms with Gasteiger partial charge in [-0.2, -0.15) is 0 Å². The van der Waals surface area contributed by atoms with E-state index in [1.807, 2.05) is 60.7 Å². The highest BCUT2D eigenvalue weighted by Gasteiger charge is 2.19. The van der Waals surface area contributed by atoms with Gasteiger partial charge >= 0.3 is 6.09 Å². The molecule has 3 aromatic carbocycles. The van der Waals surface area contributed by atoms with Crippen molar-refractivity contribution in [3.8, 4) is 0 Å². The van der Waals surface area contributed by atoms with Gasteiger partial charge in [-0.1, -0.05) is 66.7 Å². The van der Waals surface area contributed by atoms with E-state index in [1.165, 1.54) is 0 Å². The molecule has 0 aliphatic rings. The van der Waals surface area contributed by atoms with Crippen LogP contribution in [0, 0.1) is 0 Å². The summed E-state index contributed by atoms with van der Waals surface area (Å²) in [7, 11) is 0. The van der Waals surface area contributed by atoms with Gasteiger partial charge in [-0.05, 0) is 50.1 Å². The van der Waals surface area contributed by atoms with Crippen LogP contribution in [0.4, 0.5) is 10.5 Å². The van der Waals surface area contributed by atoms with Crippen molar-refractivity contribution in [3.63, 3.8) is 0 Å². The normalized spacial score (nSPS) is 11.1. The summed E-state index contributed by atoms with van der Waals surface area (Å²) in [4.78, 5) is 25.0. The van der Waals surface area contributed by atoms with Crippen molar-refractivity contribution in [3.05, 3.63) is 102 Å². The Kier molecular flexibility index (Phi) is 6.52. The highest BCUT2D eigenvalue weighted by molar-refractivity contribution is 5.96. The van der Waals surface area contributed by atoms with Gasteiger partial charge in [0.2, 0.25) is 0 Å². The number of ether oxygens (including phenoxy) is 1. The molecule has 154 valence electrons. The molecule has 30 heavy (non-hydrogen) atoms. The zero-order valence-corrected chi connectivity index (χ0v) is 17.4. The van der Waals surface area contributed by atoms with Crippen LogP contribution in [0.3, 0.4) is 0 Å². The molecule has 0 heterocycles. The molecule has 5 nitrogen and oxygen atoms in total. The second-order valence-electron chi connectivity index (χ2n) is 7.94. The van der Waals surface area contributed by atoms with Crippen LogP contribution < -0.4 is 10.6 Å². The third-order valence-corrected chi connectivity index (χ3v) is 4.31. The Labute approximate surface area is 177 Å². The monoisotopic (exact) mass is 402 g/mol. The first-order chi connectivity index (χ1) is 14.3. The van der Waals surface area contributed by atoms with Gasteiger partial charge in [0.1, 0.15) is 5.60 Å². The second-order valence-corrected chi connectivity index (χ2v) is 7.94. The van der Waals surface area contributed by atoms with Gasteiger partial charge in [0.25, 0.3) is 5.91 Å². The lowest BCUT2D eigenvalue weighted by atomic mass is 9.98. The lowest BCUT2D eigenvalue weighted by Gasteiger charge is -2.21. The van der Waals surface area contributed by atoms with E-state index in [0.29, 0.717) is 11.3 Å². The van der Waals surface area contributed by atoms with E-state index in [9.17, 15) is 9.59 Å². The average molecular weight is 402 g/mol. The first kappa shape index (κ1) is 21.1. The van der Waals surface area contributed by atoms with Crippen LogP contribution >= 0.6 is 0 Å². The summed E-state index contributed by atoms with van der Waals surface area (Å²) in [5.74, 6) is -0.236. The molecule has 5 heteroatoms. The number of carbonyl (C=O) groups excluding carboxylic acids is 2. The molecule has 0 aliphatic heterocycles. The standard InChI is InChI=1S/C25H26N2O3/c1-25(2,3)30-24(29)26-21-16-10-15-20(17-21)23(28)27-22(18-11-6-4-7-12-18)19-13-8-5-9-14-19/h4-17,22H,1-3H3,(H,26,29)(H,27,28). The van der Waals surface area contributed by atoms with E-state index >= 15 is 0 Å². The summed E-state index contributed by atoms with van der Waals surface area (Å²) in [5, 5.41) is 5.77. The minimum absolute atomic E-state index is 0.236. The van der Waals surface area contributed by atoms with Gasteiger partial charge in [-0.15, -0.1) is 0 Å². The molecule has 0 unspecified atom stereocenters. The van der Waals surface area contributed by atoms with Crippen molar-refractivity contribution in [2.24, 2.45) is 0 Å². The Hall–Kier alpha value is -3.60. The van der Waals surface area contributed by atoms with Gasteiger partial charge in [-0.25, -0.2) is 4.79 Å². The maximum atomic E-state index is 13.0. The van der Waals surface area contributed by atoms with Gasteiger partial charge in [0, 0.05) is 11.3 Å². The third-order valence-electron chi connectivity index (χ3n) is 4.31. The van der Waals surface area contributed by atoms with Crippen LogP contribution in [0.25, 0.3) is 0 Å². The fourth-order valence-electron chi connectivity index (χ4n) is 3.02. The number of rotatable bonds is 5. The van der Waals surface area contributed by atoms with Crippen molar-refractivity contribution in [2.75, 3.05) is 5.32 Å². The molecule has 0 spiro atoms. The first-order valence-electron chi connectivity index (χ1n) is 9.83. The first-order valence-corrected chi connectivity index (χ1v) is 9.83. The van der Waals surface area contributed by atoms with Gasteiger partial charge in [0.05, 0.1) is 6.04 Å². The molecule has 2 amide bonds. The smallest absolute Gasteiger partial charge is 0.412 e. The molecule has 0 saturated heterocycles. The Balaban J connectivity index is 1.79. The van der Waals surface area contributed by atoms with Crippen LogP contribution in [0.1, 0.15) is 48.3 Å². The number of carbonyl (C=O) groups is 2. The Morgan fingerprint density at radius 2 is 1.37 bits per heavy atom. The van der Waals surface area contributed by atoms with E-state index in [2.05, 4.69) is 10.6 Å². The molecular weight excluding hydrogens is 376 g/mol. The van der Waals surface area contributed by atoms with Crippen LogP contribution in [0.15, 0.2) is 84.9 Å². The van der Waals surface area contributed by atoms with Crippen LogP contribution in [0.5, 0.6) is 0 Å². The van der Waals surface area contributed by atoms with Gasteiger partial charge in [0.15, 0.2) is 0 Å². The van der Waals surface area contributed by atoms with Crippen molar-refractivity contribution in [2.45, 2.75) is 32.4 Å². The molecule has 0 radical (unpaired) electrons. The number of hydrogen-bond acceptors (Lipinski definition) is 3. The number of amides is 2. The summed E-state index contributed by atoms with van der Waals surface area (Å²) in [6.07, 6.45) is -0.563. The number of anilines is 1. The fourth-order valence-corrected chi connectivity index (χ4v) is 3.02. The minimum Gasteiger partial charge on any atom is -0.444 e. The van der Waals surface area contributed by atoms with E-state index in [1.54, 1.807) is 45.0 Å². The number of hydrogen-bond donors (Lipinski definition) is 2. The maximum absolute atomic E-state index is 13.0. The molecule has 0 aromatic heterocycles. The minimum atomic E-state index is -0.600. The Morgan fingerprint density at radius 1 is 0.800 bits per heavy atom. The summed E-state index contributed by atoms with van der Waals surface area (Å²) in [6, 6.07) is 26.1. The van der Waals surface area contributed by atoms with Gasteiger partial charge in [-0.3, -0.25) is 10.1 Å².